The maximum Gasteiger partial charge on any atom is 0.329 e. The molecule has 0 aromatic rings. The lowest BCUT2D eigenvalue weighted by Gasteiger charge is -2.12. The summed E-state index contributed by atoms with van der Waals surface area (Å²) in [4.78, 5) is 18.6. The van der Waals surface area contributed by atoms with E-state index in [0.717, 1.165) is 0 Å². The minimum Gasteiger partial charge on any atom is -0.324 e. The standard InChI is InChI=1S/C11H18O6P2/c1-3-5-10-18(12,13)16-8-7-9-17-19(14,15)11-6-4-2/h1-2H,5-11H2,(H,12,13)(H,14,15). The molecule has 0 heterocycles. The minimum atomic E-state index is -3.66. The van der Waals surface area contributed by atoms with Crippen LogP contribution in [0.4, 0.5) is 0 Å². The highest BCUT2D eigenvalue weighted by molar-refractivity contribution is 7.53. The van der Waals surface area contributed by atoms with Crippen molar-refractivity contribution in [2.24, 2.45) is 0 Å². The van der Waals surface area contributed by atoms with Crippen molar-refractivity contribution >= 4 is 15.2 Å². The van der Waals surface area contributed by atoms with Gasteiger partial charge in [-0.3, -0.25) is 9.13 Å². The van der Waals surface area contributed by atoms with Gasteiger partial charge in [-0.2, -0.15) is 0 Å². The van der Waals surface area contributed by atoms with Crippen LogP contribution in [0.3, 0.4) is 0 Å². The Morgan fingerprint density at radius 3 is 1.58 bits per heavy atom. The molecule has 0 aliphatic rings. The lowest BCUT2D eigenvalue weighted by Crippen LogP contribution is -2.02. The lowest BCUT2D eigenvalue weighted by atomic mass is 10.5. The zero-order valence-corrected chi connectivity index (χ0v) is 12.3. The monoisotopic (exact) mass is 308 g/mol. The number of hydrogen-bond donors (Lipinski definition) is 2. The molecule has 0 saturated carbocycles. The molecule has 2 N–H and O–H groups in total. The van der Waals surface area contributed by atoms with Crippen molar-refractivity contribution in [1.82, 2.24) is 0 Å². The van der Waals surface area contributed by atoms with Gasteiger partial charge in [0, 0.05) is 12.8 Å². The summed E-state index contributed by atoms with van der Waals surface area (Å²) in [6.07, 6.45) is 10.3. The van der Waals surface area contributed by atoms with Crippen LogP contribution in [0.25, 0.3) is 0 Å². The molecule has 2 atom stereocenters. The maximum absolute atomic E-state index is 11.3. The summed E-state index contributed by atoms with van der Waals surface area (Å²) >= 11 is 0. The second-order valence-corrected chi connectivity index (χ2v) is 7.61. The molecule has 0 aliphatic carbocycles. The molecular weight excluding hydrogens is 290 g/mol. The first-order valence-corrected chi connectivity index (χ1v) is 9.15. The summed E-state index contributed by atoms with van der Waals surface area (Å²) in [5.74, 6) is 4.48. The second kappa shape index (κ2) is 9.34. The Morgan fingerprint density at radius 1 is 0.895 bits per heavy atom. The van der Waals surface area contributed by atoms with E-state index in [-0.39, 0.29) is 44.8 Å². The molecule has 0 bridgehead atoms. The van der Waals surface area contributed by atoms with Crippen LogP contribution in [0.15, 0.2) is 0 Å². The van der Waals surface area contributed by atoms with Crippen molar-refractivity contribution in [3.63, 3.8) is 0 Å². The molecule has 0 fully saturated rings. The molecule has 0 radical (unpaired) electrons. The highest BCUT2D eigenvalue weighted by Gasteiger charge is 2.19. The molecular formula is C11H18O6P2. The Morgan fingerprint density at radius 2 is 1.26 bits per heavy atom. The first-order chi connectivity index (χ1) is 8.83. The third kappa shape index (κ3) is 11.0. The first-order valence-electron chi connectivity index (χ1n) is 5.62. The molecule has 0 aromatic carbocycles. The summed E-state index contributed by atoms with van der Waals surface area (Å²) in [5.41, 5.74) is 0. The van der Waals surface area contributed by atoms with E-state index in [1.54, 1.807) is 0 Å². The molecule has 2 unspecified atom stereocenters. The smallest absolute Gasteiger partial charge is 0.324 e. The van der Waals surface area contributed by atoms with Gasteiger partial charge in [0.1, 0.15) is 0 Å². The van der Waals surface area contributed by atoms with Gasteiger partial charge in [0.25, 0.3) is 0 Å². The third-order valence-electron chi connectivity index (χ3n) is 1.95. The van der Waals surface area contributed by atoms with Gasteiger partial charge < -0.3 is 18.8 Å². The van der Waals surface area contributed by atoms with Crippen molar-refractivity contribution in [2.45, 2.75) is 19.3 Å². The van der Waals surface area contributed by atoms with E-state index in [1.165, 1.54) is 0 Å². The van der Waals surface area contributed by atoms with E-state index >= 15 is 0 Å². The molecule has 0 amide bonds. The molecule has 0 spiro atoms. The Labute approximate surface area is 113 Å². The molecule has 6 nitrogen and oxygen atoms in total. The van der Waals surface area contributed by atoms with Gasteiger partial charge in [0.05, 0.1) is 25.5 Å². The molecule has 0 aliphatic heterocycles. The van der Waals surface area contributed by atoms with Crippen LogP contribution in [0.1, 0.15) is 19.3 Å². The summed E-state index contributed by atoms with van der Waals surface area (Å²) in [7, 11) is -7.33. The maximum atomic E-state index is 11.3. The Kier molecular flexibility index (Phi) is 9.06. The fourth-order valence-electron chi connectivity index (χ4n) is 1.01. The van der Waals surface area contributed by atoms with E-state index < -0.39 is 15.2 Å². The summed E-state index contributed by atoms with van der Waals surface area (Å²) in [5, 5.41) is 0. The number of rotatable bonds is 10. The van der Waals surface area contributed by atoms with Gasteiger partial charge in [-0.05, 0) is 6.42 Å². The van der Waals surface area contributed by atoms with Crippen molar-refractivity contribution in [3.05, 3.63) is 0 Å². The van der Waals surface area contributed by atoms with Gasteiger partial charge in [-0.1, -0.05) is 0 Å². The minimum absolute atomic E-state index is 0.0481. The fraction of sp³-hybridized carbons (Fsp3) is 0.636. The van der Waals surface area contributed by atoms with Crippen LogP contribution in [-0.4, -0.2) is 35.3 Å². The van der Waals surface area contributed by atoms with E-state index in [9.17, 15) is 18.9 Å². The van der Waals surface area contributed by atoms with E-state index in [0.29, 0.717) is 0 Å². The highest BCUT2D eigenvalue weighted by Crippen LogP contribution is 2.43. The van der Waals surface area contributed by atoms with Gasteiger partial charge >= 0.3 is 15.2 Å². The largest absolute Gasteiger partial charge is 0.329 e. The molecule has 0 saturated heterocycles. The SMILES string of the molecule is C#CCCP(=O)(O)OCCCOP(=O)(O)CCC#C. The summed E-state index contributed by atoms with van der Waals surface area (Å²) < 4.78 is 32.2. The topological polar surface area (TPSA) is 93.1 Å². The van der Waals surface area contributed by atoms with Gasteiger partial charge in [0.2, 0.25) is 0 Å². The highest BCUT2D eigenvalue weighted by atomic mass is 31.2. The zero-order chi connectivity index (χ0) is 14.8. The Hall–Kier alpha value is -0.580. The van der Waals surface area contributed by atoms with Crippen LogP contribution in [0, 0.1) is 24.7 Å². The predicted octanol–water partition coefficient (Wildman–Crippen LogP) is 1.83. The molecule has 19 heavy (non-hydrogen) atoms. The van der Waals surface area contributed by atoms with Gasteiger partial charge in [-0.25, -0.2) is 0 Å². The Balaban J connectivity index is 3.76. The fourth-order valence-corrected chi connectivity index (χ4v) is 2.92. The number of terminal acetylenes is 2. The van der Waals surface area contributed by atoms with Crippen LogP contribution >= 0.6 is 15.2 Å². The average Bonchev–Trinajstić information content (AvgIpc) is 2.33. The average molecular weight is 308 g/mol. The zero-order valence-electron chi connectivity index (χ0n) is 10.5. The van der Waals surface area contributed by atoms with Crippen molar-refractivity contribution < 1.29 is 28.0 Å². The van der Waals surface area contributed by atoms with Gasteiger partial charge in [0.15, 0.2) is 0 Å². The predicted molar refractivity (Wildman–Crippen MR) is 72.8 cm³/mol. The summed E-state index contributed by atoms with van der Waals surface area (Å²) in [6, 6.07) is 0. The second-order valence-electron chi connectivity index (χ2n) is 3.65. The van der Waals surface area contributed by atoms with Crippen molar-refractivity contribution in [2.75, 3.05) is 25.5 Å². The molecule has 0 rings (SSSR count). The normalized spacial score (nSPS) is 16.8. The third-order valence-corrected chi connectivity index (χ3v) is 4.70. The Bertz CT molecular complexity index is 393. The van der Waals surface area contributed by atoms with Crippen LogP contribution < -0.4 is 0 Å². The van der Waals surface area contributed by atoms with Crippen LogP contribution in [0.5, 0.6) is 0 Å². The molecule has 0 aromatic heterocycles. The van der Waals surface area contributed by atoms with E-state index in [4.69, 9.17) is 21.9 Å². The van der Waals surface area contributed by atoms with E-state index in [1.807, 2.05) is 0 Å². The molecule has 8 heteroatoms. The van der Waals surface area contributed by atoms with Crippen LogP contribution in [-0.2, 0) is 18.2 Å². The lowest BCUT2D eigenvalue weighted by molar-refractivity contribution is 0.209. The van der Waals surface area contributed by atoms with Crippen molar-refractivity contribution in [3.8, 4) is 24.7 Å². The quantitative estimate of drug-likeness (QED) is 0.363. The number of hydrogen-bond acceptors (Lipinski definition) is 4. The first kappa shape index (κ1) is 18.4. The summed E-state index contributed by atoms with van der Waals surface area (Å²) in [6.45, 7) is -0.0963. The van der Waals surface area contributed by atoms with Crippen molar-refractivity contribution in [1.29, 1.82) is 0 Å². The van der Waals surface area contributed by atoms with E-state index in [2.05, 4.69) is 11.8 Å². The molecule has 108 valence electrons. The van der Waals surface area contributed by atoms with Gasteiger partial charge in [-0.15, -0.1) is 24.7 Å². The van der Waals surface area contributed by atoms with Crippen LogP contribution in [0.2, 0.25) is 0 Å².